The normalized spacial score (nSPS) is 18.7. The number of likely N-dealkylation sites (tertiary alicyclic amines) is 1. The minimum absolute atomic E-state index is 0.0994. The van der Waals surface area contributed by atoms with Crippen LogP contribution in [0.2, 0.25) is 0 Å². The number of aromatic nitrogens is 2. The maximum atomic E-state index is 12.9. The van der Waals surface area contributed by atoms with Crippen molar-refractivity contribution >= 4 is 28.3 Å². The smallest absolute Gasteiger partial charge is 0.253 e. The number of carbonyl (C=O) groups excluding carboxylic acids is 1. The second-order valence-corrected chi connectivity index (χ2v) is 11.3. The van der Waals surface area contributed by atoms with Crippen LogP contribution in [0.25, 0.3) is 33.3 Å². The number of hydrogen-bond acceptors (Lipinski definition) is 6. The number of carbonyl (C=O) groups is 1. The van der Waals surface area contributed by atoms with Gasteiger partial charge < -0.3 is 29.7 Å². The Bertz CT molecular complexity index is 1520. The van der Waals surface area contributed by atoms with Crippen molar-refractivity contribution in [2.75, 3.05) is 76.8 Å². The molecule has 4 aromatic rings. The third-order valence-corrected chi connectivity index (χ3v) is 8.57. The van der Waals surface area contributed by atoms with E-state index in [1.54, 1.807) is 0 Å². The van der Waals surface area contributed by atoms with Crippen molar-refractivity contribution in [3.05, 3.63) is 66.5 Å². The summed E-state index contributed by atoms with van der Waals surface area (Å²) in [5, 5.41) is 4.47. The zero-order valence-electron chi connectivity index (χ0n) is 22.5. The van der Waals surface area contributed by atoms with Crippen molar-refractivity contribution < 1.29 is 9.53 Å². The Hall–Kier alpha value is -3.88. The van der Waals surface area contributed by atoms with Crippen molar-refractivity contribution in [2.24, 2.45) is 5.41 Å². The minimum Gasteiger partial charge on any atom is -0.386 e. The van der Waals surface area contributed by atoms with Gasteiger partial charge in [0, 0.05) is 80.8 Å². The molecule has 0 saturated carbocycles. The zero-order chi connectivity index (χ0) is 26.6. The largest absolute Gasteiger partial charge is 0.386 e. The summed E-state index contributed by atoms with van der Waals surface area (Å²) in [6.45, 7) is 7.38. The summed E-state index contributed by atoms with van der Waals surface area (Å²) in [6, 6.07) is 16.8. The van der Waals surface area contributed by atoms with Gasteiger partial charge in [-0.05, 0) is 48.5 Å². The molecular formula is C31H34N6O2. The molecule has 3 fully saturated rings. The average Bonchev–Trinajstić information content (AvgIpc) is 3.35. The van der Waals surface area contributed by atoms with Gasteiger partial charge in [0.25, 0.3) is 5.91 Å². The highest BCUT2D eigenvalue weighted by Gasteiger charge is 2.50. The Balaban J connectivity index is 1.14. The summed E-state index contributed by atoms with van der Waals surface area (Å²) in [6.07, 6.45) is 3.94. The number of hydrogen-bond donors (Lipinski definition) is 2. The van der Waals surface area contributed by atoms with Gasteiger partial charge >= 0.3 is 0 Å². The summed E-state index contributed by atoms with van der Waals surface area (Å²) in [7, 11) is 4.17. The van der Waals surface area contributed by atoms with E-state index in [9.17, 15) is 4.79 Å². The van der Waals surface area contributed by atoms with Crippen LogP contribution in [0.15, 0.2) is 60.9 Å². The van der Waals surface area contributed by atoms with Gasteiger partial charge in [0.05, 0.1) is 30.0 Å². The fourth-order valence-electron chi connectivity index (χ4n) is 6.09. The lowest BCUT2D eigenvalue weighted by atomic mass is 9.78. The van der Waals surface area contributed by atoms with Crippen molar-refractivity contribution in [3.8, 4) is 22.3 Å². The van der Waals surface area contributed by atoms with Crippen LogP contribution in [0, 0.1) is 5.41 Å². The number of amides is 1. The molecule has 39 heavy (non-hydrogen) atoms. The SMILES string of the molecule is CNc1cc(-c2cnc3[nH]cc(-c4ccc(C(=O)N5CC6(COC6)C5)cc4)c3c2)ccc1N1CCN(C)CC1. The third-order valence-electron chi connectivity index (χ3n) is 8.57. The summed E-state index contributed by atoms with van der Waals surface area (Å²) in [5.41, 5.74) is 8.52. The topological polar surface area (TPSA) is 76.7 Å². The Morgan fingerprint density at radius 3 is 2.41 bits per heavy atom. The van der Waals surface area contributed by atoms with Gasteiger partial charge in [0.15, 0.2) is 0 Å². The lowest BCUT2D eigenvalue weighted by Crippen LogP contribution is -2.67. The number of likely N-dealkylation sites (N-methyl/N-ethyl adjacent to an activating group) is 1. The molecular weight excluding hydrogens is 488 g/mol. The number of aromatic amines is 1. The van der Waals surface area contributed by atoms with Gasteiger partial charge in [-0.15, -0.1) is 0 Å². The first kappa shape index (κ1) is 24.2. The lowest BCUT2D eigenvalue weighted by Gasteiger charge is -2.54. The first-order valence-corrected chi connectivity index (χ1v) is 13.7. The number of H-pyrrole nitrogens is 1. The number of ether oxygens (including phenoxy) is 1. The van der Waals surface area contributed by atoms with Crippen molar-refractivity contribution in [3.63, 3.8) is 0 Å². The predicted molar refractivity (Wildman–Crippen MR) is 155 cm³/mol. The fourth-order valence-corrected chi connectivity index (χ4v) is 6.09. The minimum atomic E-state index is 0.0994. The van der Waals surface area contributed by atoms with E-state index in [0.29, 0.717) is 0 Å². The highest BCUT2D eigenvalue weighted by molar-refractivity contribution is 5.98. The molecule has 2 aromatic heterocycles. The molecule has 5 heterocycles. The molecule has 8 nitrogen and oxygen atoms in total. The Kier molecular flexibility index (Phi) is 5.82. The van der Waals surface area contributed by atoms with E-state index in [-0.39, 0.29) is 11.3 Å². The molecule has 3 aliphatic heterocycles. The third kappa shape index (κ3) is 4.24. The van der Waals surface area contributed by atoms with Crippen LogP contribution >= 0.6 is 0 Å². The number of anilines is 2. The van der Waals surface area contributed by atoms with Gasteiger partial charge in [-0.1, -0.05) is 18.2 Å². The molecule has 1 amide bonds. The average molecular weight is 523 g/mol. The molecule has 3 saturated heterocycles. The van der Waals surface area contributed by atoms with E-state index in [4.69, 9.17) is 9.72 Å². The number of rotatable bonds is 5. The molecule has 2 aromatic carbocycles. The van der Waals surface area contributed by atoms with Crippen molar-refractivity contribution in [1.82, 2.24) is 19.8 Å². The fraction of sp³-hybridized carbons (Fsp3) is 0.355. The molecule has 200 valence electrons. The molecule has 0 bridgehead atoms. The van der Waals surface area contributed by atoms with Gasteiger partial charge in [0.1, 0.15) is 5.65 Å². The van der Waals surface area contributed by atoms with Crippen molar-refractivity contribution in [1.29, 1.82) is 0 Å². The van der Waals surface area contributed by atoms with E-state index in [1.807, 2.05) is 48.6 Å². The molecule has 7 rings (SSSR count). The second kappa shape index (κ2) is 9.39. The van der Waals surface area contributed by atoms with Gasteiger partial charge in [-0.2, -0.15) is 0 Å². The van der Waals surface area contributed by atoms with Crippen LogP contribution in [0.3, 0.4) is 0 Å². The first-order valence-electron chi connectivity index (χ1n) is 13.7. The summed E-state index contributed by atoms with van der Waals surface area (Å²) >= 11 is 0. The molecule has 0 unspecified atom stereocenters. The maximum Gasteiger partial charge on any atom is 0.253 e. The molecule has 0 atom stereocenters. The Labute approximate surface area is 228 Å². The van der Waals surface area contributed by atoms with E-state index < -0.39 is 0 Å². The highest BCUT2D eigenvalue weighted by Crippen LogP contribution is 2.39. The van der Waals surface area contributed by atoms with Crippen LogP contribution in [0.4, 0.5) is 11.4 Å². The monoisotopic (exact) mass is 522 g/mol. The quantitative estimate of drug-likeness (QED) is 0.410. The summed E-state index contributed by atoms with van der Waals surface area (Å²) in [5.74, 6) is 0.0994. The van der Waals surface area contributed by atoms with Crippen LogP contribution < -0.4 is 10.2 Å². The number of benzene rings is 2. The van der Waals surface area contributed by atoms with E-state index in [2.05, 4.69) is 51.4 Å². The van der Waals surface area contributed by atoms with Gasteiger partial charge in [0.2, 0.25) is 0 Å². The zero-order valence-corrected chi connectivity index (χ0v) is 22.5. The standard InChI is InChI=1S/C31H34N6O2/c1-32-27-14-23(7-8-28(27)36-11-9-35(2)10-12-36)24-13-25-26(16-34-29(25)33-15-24)21-3-5-22(6-4-21)30(38)37-17-31(18-37)19-39-20-31/h3-8,13-16,32H,9-12,17-20H2,1-2H3,(H,33,34). The highest BCUT2D eigenvalue weighted by atomic mass is 16.5. The number of fused-ring (bicyclic) bond motifs is 1. The number of nitrogens with zero attached hydrogens (tertiary/aromatic N) is 4. The molecule has 0 radical (unpaired) electrons. The Morgan fingerprint density at radius 1 is 0.974 bits per heavy atom. The van der Waals surface area contributed by atoms with Crippen LogP contribution in [0.5, 0.6) is 0 Å². The van der Waals surface area contributed by atoms with Gasteiger partial charge in [-0.25, -0.2) is 4.98 Å². The molecule has 8 heteroatoms. The Morgan fingerprint density at radius 2 is 1.72 bits per heavy atom. The molecule has 2 N–H and O–H groups in total. The second-order valence-electron chi connectivity index (χ2n) is 11.3. The van der Waals surface area contributed by atoms with Crippen LogP contribution in [0.1, 0.15) is 10.4 Å². The first-order chi connectivity index (χ1) is 19.0. The summed E-state index contributed by atoms with van der Waals surface area (Å²) < 4.78 is 5.34. The van der Waals surface area contributed by atoms with E-state index in [1.165, 1.54) is 5.69 Å². The lowest BCUT2D eigenvalue weighted by molar-refractivity contribution is -0.176. The molecule has 1 spiro atoms. The number of piperazine rings is 1. The van der Waals surface area contributed by atoms with Gasteiger partial charge in [-0.3, -0.25) is 4.79 Å². The number of pyridine rings is 1. The van der Waals surface area contributed by atoms with Crippen LogP contribution in [-0.4, -0.2) is 92.3 Å². The maximum absolute atomic E-state index is 12.9. The molecule has 3 aliphatic rings. The molecule has 0 aliphatic carbocycles. The van der Waals surface area contributed by atoms with Crippen LogP contribution in [-0.2, 0) is 4.74 Å². The van der Waals surface area contributed by atoms with Crippen molar-refractivity contribution in [2.45, 2.75) is 0 Å². The predicted octanol–water partition coefficient (Wildman–Crippen LogP) is 4.16. The van der Waals surface area contributed by atoms with E-state index >= 15 is 0 Å². The van der Waals surface area contributed by atoms with E-state index in [0.717, 1.165) is 97.0 Å². The number of nitrogens with one attached hydrogen (secondary N) is 2. The summed E-state index contributed by atoms with van der Waals surface area (Å²) in [4.78, 5) is 27.7.